The van der Waals surface area contributed by atoms with Crippen LogP contribution in [0.1, 0.15) is 5.56 Å². The van der Waals surface area contributed by atoms with Crippen LogP contribution in [0.5, 0.6) is 0 Å². The molecular weight excluding hydrogens is 392 g/mol. The lowest BCUT2D eigenvalue weighted by molar-refractivity contribution is 0.122. The summed E-state index contributed by atoms with van der Waals surface area (Å²) in [5, 5.41) is 0. The van der Waals surface area contributed by atoms with Crippen LogP contribution in [0.3, 0.4) is 0 Å². The monoisotopic (exact) mass is 410 g/mol. The fourth-order valence-electron chi connectivity index (χ4n) is 2.62. The molecule has 5 nitrogen and oxygen atoms in total. The van der Waals surface area contributed by atoms with E-state index in [0.717, 1.165) is 42.0 Å². The van der Waals surface area contributed by atoms with E-state index < -0.39 is 10.0 Å². The van der Waals surface area contributed by atoms with E-state index in [2.05, 4.69) is 25.6 Å². The van der Waals surface area contributed by atoms with Crippen LogP contribution in [0.2, 0.25) is 0 Å². The maximum absolute atomic E-state index is 12.5. The average Bonchev–Trinajstić information content (AvgIpc) is 2.57. The maximum atomic E-state index is 12.5. The third kappa shape index (κ3) is 3.91. The summed E-state index contributed by atoms with van der Waals surface area (Å²) in [5.74, 6) is 0. The number of morpholine rings is 1. The molecule has 0 saturated carbocycles. The molecule has 1 heterocycles. The van der Waals surface area contributed by atoms with Crippen LogP contribution < -0.4 is 9.62 Å². The van der Waals surface area contributed by atoms with E-state index in [0.29, 0.717) is 5.69 Å². The summed E-state index contributed by atoms with van der Waals surface area (Å²) < 4.78 is 33.8. The van der Waals surface area contributed by atoms with Gasteiger partial charge in [0.15, 0.2) is 0 Å². The molecule has 1 aliphatic rings. The summed E-state index contributed by atoms with van der Waals surface area (Å²) in [5.41, 5.74) is 2.56. The zero-order valence-corrected chi connectivity index (χ0v) is 15.7. The van der Waals surface area contributed by atoms with Gasteiger partial charge in [-0.05, 0) is 48.9 Å². The number of sulfonamides is 1. The van der Waals surface area contributed by atoms with Crippen molar-refractivity contribution >= 4 is 37.3 Å². The first-order valence-corrected chi connectivity index (χ1v) is 9.95. The average molecular weight is 411 g/mol. The summed E-state index contributed by atoms with van der Waals surface area (Å²) in [6.07, 6.45) is 0. The van der Waals surface area contributed by atoms with Crippen molar-refractivity contribution in [1.82, 2.24) is 0 Å². The molecule has 2 aromatic carbocycles. The van der Waals surface area contributed by atoms with Crippen LogP contribution >= 0.6 is 15.9 Å². The topological polar surface area (TPSA) is 58.6 Å². The summed E-state index contributed by atoms with van der Waals surface area (Å²) in [4.78, 5) is 2.47. The van der Waals surface area contributed by atoms with Crippen molar-refractivity contribution in [2.45, 2.75) is 11.8 Å². The summed E-state index contributed by atoms with van der Waals surface area (Å²) in [6, 6.07) is 12.4. The van der Waals surface area contributed by atoms with Crippen LogP contribution in [-0.4, -0.2) is 34.7 Å². The van der Waals surface area contributed by atoms with Crippen molar-refractivity contribution in [2.75, 3.05) is 35.9 Å². The number of hydrogen-bond acceptors (Lipinski definition) is 4. The third-order valence-electron chi connectivity index (χ3n) is 3.94. The van der Waals surface area contributed by atoms with E-state index in [1.54, 1.807) is 24.3 Å². The Kier molecular flexibility index (Phi) is 5.12. The SMILES string of the molecule is Cc1cc(N2CCOCC2)ccc1NS(=O)(=O)c1cccc(Br)c1. The quantitative estimate of drug-likeness (QED) is 0.838. The fraction of sp³-hybridized carbons (Fsp3) is 0.294. The van der Waals surface area contributed by atoms with Gasteiger partial charge in [-0.25, -0.2) is 8.42 Å². The summed E-state index contributed by atoms with van der Waals surface area (Å²) in [6.45, 7) is 5.04. The minimum absolute atomic E-state index is 0.230. The second-order valence-corrected chi connectivity index (χ2v) is 8.26. The number of rotatable bonds is 4. The molecule has 0 unspecified atom stereocenters. The standard InChI is InChI=1S/C17H19BrN2O3S/c1-13-11-15(20-7-9-23-10-8-20)5-6-17(13)19-24(21,22)16-4-2-3-14(18)12-16/h2-6,11-12,19H,7-10H2,1H3. The molecule has 0 aromatic heterocycles. The Morgan fingerprint density at radius 1 is 1.12 bits per heavy atom. The van der Waals surface area contributed by atoms with E-state index >= 15 is 0 Å². The van der Waals surface area contributed by atoms with Gasteiger partial charge in [0.05, 0.1) is 23.8 Å². The zero-order chi connectivity index (χ0) is 17.2. The van der Waals surface area contributed by atoms with Gasteiger partial charge >= 0.3 is 0 Å². The summed E-state index contributed by atoms with van der Waals surface area (Å²) in [7, 11) is -3.61. The van der Waals surface area contributed by atoms with Crippen LogP contribution in [0.15, 0.2) is 51.8 Å². The number of hydrogen-bond donors (Lipinski definition) is 1. The smallest absolute Gasteiger partial charge is 0.261 e. The molecule has 1 aliphatic heterocycles. The van der Waals surface area contributed by atoms with E-state index in [4.69, 9.17) is 4.74 Å². The number of ether oxygens (including phenoxy) is 1. The van der Waals surface area contributed by atoms with Gasteiger partial charge in [-0.15, -0.1) is 0 Å². The predicted molar refractivity (Wildman–Crippen MR) is 99.2 cm³/mol. The molecule has 1 saturated heterocycles. The Labute approximate surface area is 150 Å². The van der Waals surface area contributed by atoms with E-state index in [-0.39, 0.29) is 4.90 Å². The Morgan fingerprint density at radius 3 is 2.54 bits per heavy atom. The molecule has 3 rings (SSSR count). The number of nitrogens with one attached hydrogen (secondary N) is 1. The highest BCUT2D eigenvalue weighted by Crippen LogP contribution is 2.26. The molecular formula is C17H19BrN2O3S. The first-order valence-electron chi connectivity index (χ1n) is 7.67. The molecule has 24 heavy (non-hydrogen) atoms. The first kappa shape index (κ1) is 17.3. The highest BCUT2D eigenvalue weighted by atomic mass is 79.9. The largest absolute Gasteiger partial charge is 0.378 e. The second kappa shape index (κ2) is 7.13. The van der Waals surface area contributed by atoms with Crippen LogP contribution in [0.25, 0.3) is 0 Å². The van der Waals surface area contributed by atoms with Crippen molar-refractivity contribution in [2.24, 2.45) is 0 Å². The molecule has 7 heteroatoms. The Balaban J connectivity index is 1.82. The molecule has 0 aliphatic carbocycles. The van der Waals surface area contributed by atoms with Gasteiger partial charge < -0.3 is 9.64 Å². The normalized spacial score (nSPS) is 15.3. The minimum atomic E-state index is -3.61. The molecule has 2 aromatic rings. The van der Waals surface area contributed by atoms with Crippen molar-refractivity contribution < 1.29 is 13.2 Å². The van der Waals surface area contributed by atoms with Crippen molar-refractivity contribution in [3.05, 3.63) is 52.5 Å². The van der Waals surface area contributed by atoms with Crippen LogP contribution in [-0.2, 0) is 14.8 Å². The zero-order valence-electron chi connectivity index (χ0n) is 13.3. The summed E-state index contributed by atoms with van der Waals surface area (Å²) >= 11 is 3.30. The highest BCUT2D eigenvalue weighted by Gasteiger charge is 2.17. The molecule has 0 bridgehead atoms. The van der Waals surface area contributed by atoms with Gasteiger partial charge in [-0.1, -0.05) is 22.0 Å². The minimum Gasteiger partial charge on any atom is -0.378 e. The Bertz CT molecular complexity index is 833. The lowest BCUT2D eigenvalue weighted by atomic mass is 10.1. The lowest BCUT2D eigenvalue weighted by Gasteiger charge is -2.29. The molecule has 0 atom stereocenters. The van der Waals surface area contributed by atoms with Gasteiger partial charge in [0, 0.05) is 23.2 Å². The van der Waals surface area contributed by atoms with Crippen molar-refractivity contribution in [3.63, 3.8) is 0 Å². The third-order valence-corrected chi connectivity index (χ3v) is 5.79. The molecule has 1 N–H and O–H groups in total. The fourth-order valence-corrected chi connectivity index (χ4v) is 4.35. The van der Waals surface area contributed by atoms with Crippen molar-refractivity contribution in [3.8, 4) is 0 Å². The highest BCUT2D eigenvalue weighted by molar-refractivity contribution is 9.10. The van der Waals surface area contributed by atoms with Gasteiger partial charge in [-0.2, -0.15) is 0 Å². The van der Waals surface area contributed by atoms with E-state index in [1.165, 1.54) is 0 Å². The first-order chi connectivity index (χ1) is 11.5. The number of benzene rings is 2. The molecule has 0 spiro atoms. The molecule has 0 radical (unpaired) electrons. The van der Waals surface area contributed by atoms with Crippen LogP contribution in [0.4, 0.5) is 11.4 Å². The maximum Gasteiger partial charge on any atom is 0.261 e. The second-order valence-electron chi connectivity index (χ2n) is 5.66. The predicted octanol–water partition coefficient (Wildman–Crippen LogP) is 3.39. The molecule has 128 valence electrons. The van der Waals surface area contributed by atoms with Gasteiger partial charge in [-0.3, -0.25) is 4.72 Å². The van der Waals surface area contributed by atoms with Gasteiger partial charge in [0.25, 0.3) is 10.0 Å². The van der Waals surface area contributed by atoms with Crippen LogP contribution in [0, 0.1) is 6.92 Å². The van der Waals surface area contributed by atoms with E-state index in [9.17, 15) is 8.42 Å². The number of nitrogens with zero attached hydrogens (tertiary/aromatic N) is 1. The Hall–Kier alpha value is -1.57. The molecule has 1 fully saturated rings. The number of halogens is 1. The Morgan fingerprint density at radius 2 is 1.88 bits per heavy atom. The van der Waals surface area contributed by atoms with Gasteiger partial charge in [0.2, 0.25) is 0 Å². The van der Waals surface area contributed by atoms with Crippen molar-refractivity contribution in [1.29, 1.82) is 0 Å². The molecule has 0 amide bonds. The number of anilines is 2. The van der Waals surface area contributed by atoms with E-state index in [1.807, 2.05) is 25.1 Å². The lowest BCUT2D eigenvalue weighted by Crippen LogP contribution is -2.36. The van der Waals surface area contributed by atoms with Gasteiger partial charge in [0.1, 0.15) is 0 Å². The number of aryl methyl sites for hydroxylation is 1.